The summed E-state index contributed by atoms with van der Waals surface area (Å²) in [7, 11) is 3.37. The Morgan fingerprint density at radius 1 is 0.978 bits per heavy atom. The fourth-order valence-electron chi connectivity index (χ4n) is 7.59. The van der Waals surface area contributed by atoms with Crippen LogP contribution in [0.1, 0.15) is 24.8 Å². The molecule has 2 bridgehead atoms. The number of hydrogen-bond donors (Lipinski definition) is 0. The molecule has 0 spiro atoms. The quantitative estimate of drug-likeness (QED) is 0.208. The molecule has 5 aliphatic heterocycles. The van der Waals surface area contributed by atoms with Gasteiger partial charge < -0.3 is 28.6 Å². The molecule has 0 N–H and O–H groups in total. The Hall–Kier alpha value is -3.29. The first-order chi connectivity index (χ1) is 22.6. The zero-order valence-corrected chi connectivity index (χ0v) is 27.7. The number of piperidine rings is 1. The van der Waals surface area contributed by atoms with Gasteiger partial charge in [-0.2, -0.15) is 5.10 Å². The summed E-state index contributed by atoms with van der Waals surface area (Å²) < 4.78 is 31.8. The number of hydrogen-bond acceptors (Lipinski definition) is 10. The predicted molar refractivity (Wildman–Crippen MR) is 175 cm³/mol. The van der Waals surface area contributed by atoms with Crippen molar-refractivity contribution in [2.24, 2.45) is 5.92 Å². The highest BCUT2D eigenvalue weighted by atomic mass is 79.9. The van der Waals surface area contributed by atoms with Crippen LogP contribution in [-0.2, 0) is 20.8 Å². The average molecular weight is 692 g/mol. The van der Waals surface area contributed by atoms with Gasteiger partial charge in [0.05, 0.1) is 55.4 Å². The number of rotatable bonds is 11. The summed E-state index contributed by atoms with van der Waals surface area (Å²) in [5, 5.41) is 4.56. The molecular formula is C34H39BrN6O5. The van der Waals surface area contributed by atoms with Crippen molar-refractivity contribution < 1.29 is 23.7 Å². The van der Waals surface area contributed by atoms with Crippen molar-refractivity contribution in [2.45, 2.75) is 56.2 Å². The first-order valence-corrected chi connectivity index (χ1v) is 16.9. The van der Waals surface area contributed by atoms with Crippen molar-refractivity contribution in [1.82, 2.24) is 24.5 Å². The molecular weight excluding hydrogens is 652 g/mol. The number of ether oxygens (including phenoxy) is 5. The third-order valence-corrected chi connectivity index (χ3v) is 10.6. The van der Waals surface area contributed by atoms with E-state index in [2.05, 4.69) is 60.1 Å². The van der Waals surface area contributed by atoms with E-state index in [4.69, 9.17) is 28.7 Å². The minimum Gasteiger partial charge on any atom is -0.492 e. The van der Waals surface area contributed by atoms with Crippen LogP contribution in [0.5, 0.6) is 11.6 Å². The molecule has 46 heavy (non-hydrogen) atoms. The van der Waals surface area contributed by atoms with E-state index in [1.54, 1.807) is 14.2 Å². The summed E-state index contributed by atoms with van der Waals surface area (Å²) in [5.74, 6) is 2.82. The first-order valence-electron chi connectivity index (χ1n) is 16.1. The van der Waals surface area contributed by atoms with Crippen LogP contribution in [0.4, 0.5) is 5.82 Å². The standard InChI is InChI=1S/C34H39BrN6O5/c1-42-29-20-46-33-23(19-45-34(29)33)4-3-9-44-26-11-27(32-28(35)14-38-41(32)18-26)22-6-7-30(36-13-22)39-16-24-10-25(17-39)40(24)15-21-5-8-31(43-2)37-12-21/h5-8,11-14,18,23-25,29,33-34H,3-4,9-10,15-17,19-20H2,1-2H3. The fourth-order valence-corrected chi connectivity index (χ4v) is 8.07. The molecule has 9 rings (SSSR count). The van der Waals surface area contributed by atoms with Crippen LogP contribution >= 0.6 is 15.9 Å². The number of pyridine rings is 3. The number of piperazine rings is 1. The van der Waals surface area contributed by atoms with Crippen LogP contribution in [0.3, 0.4) is 0 Å². The molecule has 0 radical (unpaired) electrons. The lowest BCUT2D eigenvalue weighted by atomic mass is 9.87. The maximum Gasteiger partial charge on any atom is 0.212 e. The summed E-state index contributed by atoms with van der Waals surface area (Å²) in [6.07, 6.45) is 11.0. The van der Waals surface area contributed by atoms with Crippen LogP contribution in [0.15, 0.2) is 59.6 Å². The van der Waals surface area contributed by atoms with Gasteiger partial charge in [-0.1, -0.05) is 6.07 Å². The second kappa shape index (κ2) is 12.7. The lowest BCUT2D eigenvalue weighted by Crippen LogP contribution is -2.68. The van der Waals surface area contributed by atoms with E-state index >= 15 is 0 Å². The molecule has 4 aromatic heterocycles. The van der Waals surface area contributed by atoms with Gasteiger partial charge in [0.1, 0.15) is 23.8 Å². The summed E-state index contributed by atoms with van der Waals surface area (Å²) in [6.45, 7) is 4.80. The van der Waals surface area contributed by atoms with Gasteiger partial charge in [0.25, 0.3) is 0 Å². The number of fused-ring (bicyclic) bond motifs is 4. The van der Waals surface area contributed by atoms with Crippen LogP contribution in [0, 0.1) is 5.92 Å². The lowest BCUT2D eigenvalue weighted by molar-refractivity contribution is -0.00944. The van der Waals surface area contributed by atoms with Crippen LogP contribution in [0.2, 0.25) is 0 Å². The van der Waals surface area contributed by atoms with Crippen molar-refractivity contribution in [3.63, 3.8) is 0 Å². The Morgan fingerprint density at radius 2 is 1.85 bits per heavy atom. The highest BCUT2D eigenvalue weighted by Gasteiger charge is 2.47. The zero-order valence-electron chi connectivity index (χ0n) is 26.1. The minimum atomic E-state index is 0.0397. The number of anilines is 1. The van der Waals surface area contributed by atoms with Gasteiger partial charge in [0, 0.05) is 74.3 Å². The summed E-state index contributed by atoms with van der Waals surface area (Å²) in [4.78, 5) is 14.3. The highest BCUT2D eigenvalue weighted by molar-refractivity contribution is 9.10. The molecule has 9 heterocycles. The van der Waals surface area contributed by atoms with Crippen LogP contribution < -0.4 is 14.4 Å². The van der Waals surface area contributed by atoms with Crippen molar-refractivity contribution in [3.8, 4) is 22.8 Å². The van der Waals surface area contributed by atoms with Gasteiger partial charge in [0.15, 0.2) is 0 Å². The number of halogens is 1. The maximum atomic E-state index is 6.27. The smallest absolute Gasteiger partial charge is 0.212 e. The molecule has 6 atom stereocenters. The van der Waals surface area contributed by atoms with Gasteiger partial charge in [-0.3, -0.25) is 4.90 Å². The second-order valence-corrected chi connectivity index (χ2v) is 13.6. The summed E-state index contributed by atoms with van der Waals surface area (Å²) in [5.41, 5.74) is 4.26. The third-order valence-electron chi connectivity index (χ3n) is 10.0. The van der Waals surface area contributed by atoms with Crippen LogP contribution in [0.25, 0.3) is 16.6 Å². The van der Waals surface area contributed by atoms with E-state index in [1.807, 2.05) is 35.4 Å². The predicted octanol–water partition coefficient (Wildman–Crippen LogP) is 4.61. The van der Waals surface area contributed by atoms with Crippen molar-refractivity contribution in [1.29, 1.82) is 0 Å². The molecule has 5 aliphatic rings. The third kappa shape index (κ3) is 5.64. The molecule has 5 saturated heterocycles. The molecule has 6 unspecified atom stereocenters. The minimum absolute atomic E-state index is 0.0397. The van der Waals surface area contributed by atoms with E-state index in [-0.39, 0.29) is 18.3 Å². The largest absolute Gasteiger partial charge is 0.492 e. The van der Waals surface area contributed by atoms with Crippen molar-refractivity contribution >= 4 is 27.3 Å². The summed E-state index contributed by atoms with van der Waals surface area (Å²) in [6, 6.07) is 11.5. The van der Waals surface area contributed by atoms with Crippen molar-refractivity contribution in [3.05, 3.63) is 65.2 Å². The Bertz CT molecular complexity index is 1660. The zero-order chi connectivity index (χ0) is 31.2. The lowest BCUT2D eigenvalue weighted by Gasteiger charge is -2.56. The molecule has 4 aromatic rings. The number of methoxy groups -OCH3 is 2. The summed E-state index contributed by atoms with van der Waals surface area (Å²) >= 11 is 3.70. The van der Waals surface area contributed by atoms with E-state index in [1.165, 1.54) is 12.0 Å². The van der Waals surface area contributed by atoms with Gasteiger partial charge in [0.2, 0.25) is 5.88 Å². The van der Waals surface area contributed by atoms with Crippen LogP contribution in [-0.4, -0.2) is 102 Å². The Kier molecular flexibility index (Phi) is 8.32. The molecule has 0 amide bonds. The maximum absolute atomic E-state index is 6.27. The van der Waals surface area contributed by atoms with E-state index < -0.39 is 0 Å². The van der Waals surface area contributed by atoms with Crippen molar-refractivity contribution in [2.75, 3.05) is 52.0 Å². The van der Waals surface area contributed by atoms with E-state index in [9.17, 15) is 0 Å². The normalized spacial score (nSPS) is 27.2. The molecule has 242 valence electrons. The van der Waals surface area contributed by atoms with Gasteiger partial charge in [-0.15, -0.1) is 0 Å². The number of aromatic nitrogens is 4. The van der Waals surface area contributed by atoms with Gasteiger partial charge in [-0.05, 0) is 59.0 Å². The van der Waals surface area contributed by atoms with Gasteiger partial charge in [-0.25, -0.2) is 14.5 Å². The van der Waals surface area contributed by atoms with E-state index in [0.717, 1.165) is 65.2 Å². The molecule has 0 aromatic carbocycles. The topological polar surface area (TPSA) is 95.7 Å². The molecule has 11 nitrogen and oxygen atoms in total. The highest BCUT2D eigenvalue weighted by Crippen LogP contribution is 2.38. The molecule has 0 aliphatic carbocycles. The Balaban J connectivity index is 0.905. The second-order valence-electron chi connectivity index (χ2n) is 12.7. The SMILES string of the molecule is COc1ccc(CN2C3CC2CN(c2ccc(-c4cc(OCCCC5COC6C(OC)COC56)cn5ncc(Br)c45)cn2)C3)cn1. The molecule has 5 fully saturated rings. The first kappa shape index (κ1) is 30.1. The Labute approximate surface area is 276 Å². The number of nitrogens with zero attached hydrogens (tertiary/aromatic N) is 6. The average Bonchev–Trinajstić information content (AvgIpc) is 3.81. The Morgan fingerprint density at radius 3 is 2.61 bits per heavy atom. The monoisotopic (exact) mass is 690 g/mol. The van der Waals surface area contributed by atoms with E-state index in [0.29, 0.717) is 43.7 Å². The fraction of sp³-hybridized carbons (Fsp3) is 0.500. The molecule has 12 heteroatoms. The molecule has 0 saturated carbocycles. The van der Waals surface area contributed by atoms with Gasteiger partial charge >= 0.3 is 0 Å².